The predicted octanol–water partition coefficient (Wildman–Crippen LogP) is 4.46. The predicted molar refractivity (Wildman–Crippen MR) is 114 cm³/mol. The summed E-state index contributed by atoms with van der Waals surface area (Å²) >= 11 is 3.48. The molecule has 1 amide bonds. The number of rotatable bonds is 4. The summed E-state index contributed by atoms with van der Waals surface area (Å²) in [5, 5.41) is 3.07. The van der Waals surface area contributed by atoms with Gasteiger partial charge in [0.1, 0.15) is 0 Å². The van der Waals surface area contributed by atoms with Crippen LogP contribution in [-0.4, -0.2) is 26.9 Å². The van der Waals surface area contributed by atoms with Crippen LogP contribution in [0.5, 0.6) is 0 Å². The van der Waals surface area contributed by atoms with Gasteiger partial charge in [-0.3, -0.25) is 9.10 Å². The zero-order valence-corrected chi connectivity index (χ0v) is 17.9. The van der Waals surface area contributed by atoms with Gasteiger partial charge in [0.2, 0.25) is 5.91 Å². The third-order valence-electron chi connectivity index (χ3n) is 5.48. The molecule has 1 saturated carbocycles. The van der Waals surface area contributed by atoms with Crippen LogP contribution >= 0.6 is 15.9 Å². The first-order valence-electron chi connectivity index (χ1n) is 9.68. The summed E-state index contributed by atoms with van der Waals surface area (Å²) in [6, 6.07) is 12.8. The van der Waals surface area contributed by atoms with Crippen molar-refractivity contribution < 1.29 is 13.2 Å². The quantitative estimate of drug-likeness (QED) is 0.728. The molecule has 28 heavy (non-hydrogen) atoms. The van der Waals surface area contributed by atoms with E-state index in [-0.39, 0.29) is 29.8 Å². The maximum absolute atomic E-state index is 13.2. The Morgan fingerprint density at radius 1 is 1.07 bits per heavy atom. The number of sulfonamides is 1. The van der Waals surface area contributed by atoms with Crippen LogP contribution in [0.15, 0.2) is 51.8 Å². The fourth-order valence-electron chi connectivity index (χ4n) is 4.09. The van der Waals surface area contributed by atoms with Crippen LogP contribution in [0.3, 0.4) is 0 Å². The minimum absolute atomic E-state index is 0.0837. The average molecular weight is 463 g/mol. The summed E-state index contributed by atoms with van der Waals surface area (Å²) in [5.74, 6) is -0.0837. The Morgan fingerprint density at radius 2 is 1.82 bits per heavy atom. The van der Waals surface area contributed by atoms with E-state index in [1.165, 1.54) is 10.7 Å². The molecule has 2 aromatic carbocycles. The topological polar surface area (TPSA) is 66.5 Å². The molecule has 2 aromatic rings. The number of carbonyl (C=O) groups is 1. The van der Waals surface area contributed by atoms with Gasteiger partial charge in [0.05, 0.1) is 10.6 Å². The van der Waals surface area contributed by atoms with Crippen LogP contribution < -0.4 is 9.62 Å². The fraction of sp³-hybridized carbons (Fsp3) is 0.381. The smallest absolute Gasteiger partial charge is 0.264 e. The van der Waals surface area contributed by atoms with Gasteiger partial charge in [-0.2, -0.15) is 0 Å². The zero-order chi connectivity index (χ0) is 19.7. The Morgan fingerprint density at radius 3 is 2.61 bits per heavy atom. The normalized spacial score (nSPS) is 18.2. The number of nitrogens with one attached hydrogen (secondary N) is 1. The Hall–Kier alpha value is -1.86. The summed E-state index contributed by atoms with van der Waals surface area (Å²) in [5.41, 5.74) is 2.17. The Bertz CT molecular complexity index is 1000. The van der Waals surface area contributed by atoms with Crippen LogP contribution in [0.2, 0.25) is 0 Å². The summed E-state index contributed by atoms with van der Waals surface area (Å²) in [4.78, 5) is 12.7. The molecule has 148 valence electrons. The number of anilines is 1. The van der Waals surface area contributed by atoms with Crippen molar-refractivity contribution in [3.63, 3.8) is 0 Å². The van der Waals surface area contributed by atoms with Crippen molar-refractivity contribution in [2.45, 2.75) is 49.5 Å². The second-order valence-electron chi connectivity index (χ2n) is 7.39. The van der Waals surface area contributed by atoms with Crippen LogP contribution in [0.4, 0.5) is 5.69 Å². The molecule has 0 radical (unpaired) electrons. The highest BCUT2D eigenvalue weighted by Crippen LogP contribution is 2.43. The van der Waals surface area contributed by atoms with Crippen molar-refractivity contribution in [3.8, 4) is 11.1 Å². The lowest BCUT2D eigenvalue weighted by atomic mass is 9.95. The largest absolute Gasteiger partial charge is 0.353 e. The molecule has 0 saturated heterocycles. The molecule has 0 bridgehead atoms. The van der Waals surface area contributed by atoms with Gasteiger partial charge in [0.25, 0.3) is 10.0 Å². The number of benzene rings is 2. The van der Waals surface area contributed by atoms with Crippen molar-refractivity contribution in [1.82, 2.24) is 5.32 Å². The number of hydrogen-bond acceptors (Lipinski definition) is 3. The van der Waals surface area contributed by atoms with Crippen molar-refractivity contribution >= 4 is 37.5 Å². The van der Waals surface area contributed by atoms with E-state index >= 15 is 0 Å². The third-order valence-corrected chi connectivity index (χ3v) is 7.85. The Balaban J connectivity index is 1.59. The molecule has 4 rings (SSSR count). The second kappa shape index (κ2) is 7.87. The lowest BCUT2D eigenvalue weighted by Crippen LogP contribution is -2.40. The molecule has 5 nitrogen and oxygen atoms in total. The first kappa shape index (κ1) is 19.5. The number of amides is 1. The van der Waals surface area contributed by atoms with Crippen LogP contribution in [0, 0.1) is 0 Å². The van der Waals surface area contributed by atoms with E-state index in [4.69, 9.17) is 0 Å². The maximum Gasteiger partial charge on any atom is 0.264 e. The Kier molecular flexibility index (Phi) is 5.47. The molecule has 0 spiro atoms. The van der Waals surface area contributed by atoms with Crippen molar-refractivity contribution in [2.24, 2.45) is 0 Å². The van der Waals surface area contributed by atoms with E-state index in [1.54, 1.807) is 18.2 Å². The van der Waals surface area contributed by atoms with Gasteiger partial charge in [-0.1, -0.05) is 53.4 Å². The highest BCUT2D eigenvalue weighted by atomic mass is 79.9. The molecule has 1 aliphatic heterocycles. The minimum atomic E-state index is -3.70. The molecule has 1 fully saturated rings. The molecule has 1 heterocycles. The first-order chi connectivity index (χ1) is 13.5. The van der Waals surface area contributed by atoms with Crippen molar-refractivity contribution in [2.75, 3.05) is 10.8 Å². The molecular formula is C21H23BrN2O3S. The van der Waals surface area contributed by atoms with E-state index in [1.807, 2.05) is 24.3 Å². The first-order valence-corrected chi connectivity index (χ1v) is 11.9. The summed E-state index contributed by atoms with van der Waals surface area (Å²) < 4.78 is 28.7. The molecule has 2 aliphatic rings. The number of nitrogens with zero attached hydrogens (tertiary/aromatic N) is 1. The average Bonchev–Trinajstić information content (AvgIpc) is 2.69. The van der Waals surface area contributed by atoms with Crippen LogP contribution in [0.1, 0.15) is 38.5 Å². The van der Waals surface area contributed by atoms with Crippen molar-refractivity contribution in [1.29, 1.82) is 0 Å². The standard InChI is InChI=1S/C21H23BrN2O3S/c22-15-10-11-19-18(14-15)17-8-4-5-9-20(17)28(26,27)24(19)13-12-21(25)23-16-6-2-1-3-7-16/h4-5,8-11,14,16H,1-3,6-7,12-13H2,(H,23,25). The zero-order valence-electron chi connectivity index (χ0n) is 15.5. The summed E-state index contributed by atoms with van der Waals surface area (Å²) in [6.45, 7) is 0.129. The SMILES string of the molecule is O=C(CCN1c2ccc(Br)cc2-c2ccccc2S1(=O)=O)NC1CCCCC1. The second-order valence-corrected chi connectivity index (χ2v) is 10.1. The number of fused-ring (bicyclic) bond motifs is 3. The fourth-order valence-corrected chi connectivity index (χ4v) is 6.15. The van der Waals surface area contributed by atoms with Gasteiger partial charge in [-0.15, -0.1) is 0 Å². The molecule has 0 aromatic heterocycles. The third kappa shape index (κ3) is 3.70. The maximum atomic E-state index is 13.2. The molecular weight excluding hydrogens is 440 g/mol. The lowest BCUT2D eigenvalue weighted by Gasteiger charge is -2.32. The van der Waals surface area contributed by atoms with Gasteiger partial charge in [0.15, 0.2) is 0 Å². The molecule has 1 aliphatic carbocycles. The van der Waals surface area contributed by atoms with Gasteiger partial charge in [-0.25, -0.2) is 8.42 Å². The number of carbonyl (C=O) groups excluding carboxylic acids is 1. The number of halogens is 1. The van der Waals surface area contributed by atoms with Crippen LogP contribution in [0.25, 0.3) is 11.1 Å². The van der Waals surface area contributed by atoms with Gasteiger partial charge >= 0.3 is 0 Å². The van der Waals surface area contributed by atoms with E-state index in [9.17, 15) is 13.2 Å². The highest BCUT2D eigenvalue weighted by Gasteiger charge is 2.34. The highest BCUT2D eigenvalue weighted by molar-refractivity contribution is 9.10. The van der Waals surface area contributed by atoms with Gasteiger partial charge in [-0.05, 0) is 37.1 Å². The molecule has 1 N–H and O–H groups in total. The summed E-state index contributed by atoms with van der Waals surface area (Å²) in [6.07, 6.45) is 5.68. The monoisotopic (exact) mass is 462 g/mol. The minimum Gasteiger partial charge on any atom is -0.353 e. The van der Waals surface area contributed by atoms with Crippen molar-refractivity contribution in [3.05, 3.63) is 46.9 Å². The van der Waals surface area contributed by atoms with Gasteiger partial charge < -0.3 is 5.32 Å². The van der Waals surface area contributed by atoms with E-state index in [0.29, 0.717) is 11.3 Å². The van der Waals surface area contributed by atoms with E-state index < -0.39 is 10.0 Å². The Labute approximate surface area is 174 Å². The number of hydrogen-bond donors (Lipinski definition) is 1. The van der Waals surface area contributed by atoms with Gasteiger partial charge in [0, 0.05) is 34.6 Å². The summed E-state index contributed by atoms with van der Waals surface area (Å²) in [7, 11) is -3.70. The van der Waals surface area contributed by atoms with E-state index in [0.717, 1.165) is 35.7 Å². The molecule has 0 atom stereocenters. The van der Waals surface area contributed by atoms with E-state index in [2.05, 4.69) is 21.2 Å². The molecule has 0 unspecified atom stereocenters. The molecule has 7 heteroatoms. The lowest BCUT2D eigenvalue weighted by molar-refractivity contribution is -0.121. The van der Waals surface area contributed by atoms with Crippen LogP contribution in [-0.2, 0) is 14.8 Å².